The quantitative estimate of drug-likeness (QED) is 0.609. The van der Waals surface area contributed by atoms with Crippen LogP contribution in [0, 0.1) is 0 Å². The lowest BCUT2D eigenvalue weighted by Crippen LogP contribution is -2.12. The van der Waals surface area contributed by atoms with Gasteiger partial charge in [-0.05, 0) is 18.4 Å². The maximum Gasteiger partial charge on any atom is 0.0888 e. The van der Waals surface area contributed by atoms with Crippen LogP contribution in [0.4, 0.5) is 0 Å². The fourth-order valence-electron chi connectivity index (χ4n) is 0.998. The highest BCUT2D eigenvalue weighted by Crippen LogP contribution is 2.15. The Morgan fingerprint density at radius 2 is 2.50 bits per heavy atom. The van der Waals surface area contributed by atoms with Gasteiger partial charge in [-0.3, -0.25) is 0 Å². The second-order valence-electron chi connectivity index (χ2n) is 2.38. The number of hydrogen-bond acceptors (Lipinski definition) is 1. The molecule has 0 aromatic rings. The molecule has 1 atom stereocenters. The summed E-state index contributed by atoms with van der Waals surface area (Å²) >= 11 is 5.47. The first-order valence-electron chi connectivity index (χ1n) is 3.44. The van der Waals surface area contributed by atoms with Crippen molar-refractivity contribution in [3.05, 3.63) is 23.8 Å². The van der Waals surface area contributed by atoms with Gasteiger partial charge in [0.15, 0.2) is 0 Å². The van der Waals surface area contributed by atoms with Crippen molar-refractivity contribution in [2.24, 2.45) is 0 Å². The highest BCUT2D eigenvalue weighted by molar-refractivity contribution is 6.18. The van der Waals surface area contributed by atoms with Crippen molar-refractivity contribution in [1.82, 2.24) is 0 Å². The molecule has 0 spiro atoms. The van der Waals surface area contributed by atoms with Gasteiger partial charge in [0.05, 0.1) is 12.0 Å². The molecule has 0 heterocycles. The van der Waals surface area contributed by atoms with E-state index in [0.717, 1.165) is 18.4 Å². The lowest BCUT2D eigenvalue weighted by atomic mass is 10.0. The normalized spacial score (nSPS) is 20.4. The highest BCUT2D eigenvalue weighted by atomic mass is 35.5. The van der Waals surface area contributed by atoms with Crippen molar-refractivity contribution in [2.75, 3.05) is 5.88 Å². The number of allylic oxidation sites excluding steroid dienone is 3. The van der Waals surface area contributed by atoms with Gasteiger partial charge in [0.2, 0.25) is 0 Å². The summed E-state index contributed by atoms with van der Waals surface area (Å²) in [5.41, 5.74) is 1.05. The van der Waals surface area contributed by atoms with Crippen LogP contribution in [-0.2, 0) is 0 Å². The smallest absolute Gasteiger partial charge is 0.0888 e. The summed E-state index contributed by atoms with van der Waals surface area (Å²) in [6, 6.07) is 0. The molecule has 0 fully saturated rings. The summed E-state index contributed by atoms with van der Waals surface area (Å²) in [4.78, 5) is 0. The number of aliphatic hydroxyl groups excluding tert-OH is 1. The van der Waals surface area contributed by atoms with E-state index >= 15 is 0 Å². The average molecular weight is 159 g/mol. The van der Waals surface area contributed by atoms with E-state index in [4.69, 9.17) is 11.6 Å². The summed E-state index contributed by atoms with van der Waals surface area (Å²) < 4.78 is 0. The van der Waals surface area contributed by atoms with Crippen LogP contribution in [0.25, 0.3) is 0 Å². The Morgan fingerprint density at radius 3 is 3.00 bits per heavy atom. The Kier molecular flexibility index (Phi) is 2.97. The molecule has 0 aromatic heterocycles. The first-order chi connectivity index (χ1) is 4.84. The van der Waals surface area contributed by atoms with E-state index in [1.165, 1.54) is 0 Å². The summed E-state index contributed by atoms with van der Waals surface area (Å²) in [5.74, 6) is 0.305. The number of alkyl halides is 1. The van der Waals surface area contributed by atoms with Crippen molar-refractivity contribution in [2.45, 2.75) is 18.9 Å². The van der Waals surface area contributed by atoms with Crippen LogP contribution in [0.5, 0.6) is 0 Å². The van der Waals surface area contributed by atoms with E-state index in [2.05, 4.69) is 6.08 Å². The van der Waals surface area contributed by atoms with Crippen LogP contribution in [0.15, 0.2) is 23.8 Å². The lowest BCUT2D eigenvalue weighted by Gasteiger charge is -2.12. The van der Waals surface area contributed by atoms with E-state index in [0.29, 0.717) is 5.88 Å². The zero-order valence-corrected chi connectivity index (χ0v) is 6.51. The van der Waals surface area contributed by atoms with Crippen LogP contribution in [0.1, 0.15) is 12.8 Å². The molecule has 0 saturated carbocycles. The predicted octanol–water partition coefficient (Wildman–Crippen LogP) is 1.86. The maximum atomic E-state index is 9.25. The van der Waals surface area contributed by atoms with Crippen molar-refractivity contribution in [1.29, 1.82) is 0 Å². The first-order valence-corrected chi connectivity index (χ1v) is 3.97. The lowest BCUT2D eigenvalue weighted by molar-refractivity contribution is 0.230. The van der Waals surface area contributed by atoms with Crippen molar-refractivity contribution in [3.8, 4) is 0 Å². The Bertz CT molecular complexity index is 161. The molecule has 0 saturated heterocycles. The predicted molar refractivity (Wildman–Crippen MR) is 43.2 cm³/mol. The average Bonchev–Trinajstić information content (AvgIpc) is 2.05. The Hall–Kier alpha value is -0.270. The number of aliphatic hydroxyl groups is 1. The third-order valence-electron chi connectivity index (χ3n) is 1.62. The van der Waals surface area contributed by atoms with Gasteiger partial charge in [0.1, 0.15) is 0 Å². The van der Waals surface area contributed by atoms with Crippen molar-refractivity contribution in [3.63, 3.8) is 0 Å². The minimum Gasteiger partial charge on any atom is -0.388 e. The molecule has 1 N–H and O–H groups in total. The van der Waals surface area contributed by atoms with Gasteiger partial charge in [-0.1, -0.05) is 18.2 Å². The number of rotatable bonds is 2. The van der Waals surface area contributed by atoms with E-state index in [1.54, 1.807) is 0 Å². The minimum absolute atomic E-state index is 0.305. The first kappa shape index (κ1) is 7.83. The van der Waals surface area contributed by atoms with Crippen LogP contribution in [-0.4, -0.2) is 17.1 Å². The fourth-order valence-corrected chi connectivity index (χ4v) is 1.20. The van der Waals surface area contributed by atoms with Crippen molar-refractivity contribution < 1.29 is 5.11 Å². The standard InChI is InChI=1S/C8H11ClO/c9-6-8(10)7-4-2-1-3-5-7/h1-2,4,8,10H,3,5-6H2. The summed E-state index contributed by atoms with van der Waals surface area (Å²) in [5, 5.41) is 9.25. The van der Waals surface area contributed by atoms with Crippen LogP contribution in [0.3, 0.4) is 0 Å². The molecule has 1 unspecified atom stereocenters. The molecule has 1 aliphatic rings. The van der Waals surface area contributed by atoms with Gasteiger partial charge in [0.25, 0.3) is 0 Å². The zero-order chi connectivity index (χ0) is 7.40. The maximum absolute atomic E-state index is 9.25. The molecule has 0 aromatic carbocycles. The second kappa shape index (κ2) is 3.79. The minimum atomic E-state index is -0.438. The molecule has 10 heavy (non-hydrogen) atoms. The Balaban J connectivity index is 2.53. The molecule has 1 aliphatic carbocycles. The molecule has 1 nitrogen and oxygen atoms in total. The van der Waals surface area contributed by atoms with E-state index in [1.807, 2.05) is 12.2 Å². The molecular weight excluding hydrogens is 148 g/mol. The zero-order valence-electron chi connectivity index (χ0n) is 5.76. The summed E-state index contributed by atoms with van der Waals surface area (Å²) in [6.07, 6.45) is 7.53. The van der Waals surface area contributed by atoms with E-state index in [9.17, 15) is 5.11 Å². The molecule has 56 valence electrons. The fraction of sp³-hybridized carbons (Fsp3) is 0.500. The third-order valence-corrected chi connectivity index (χ3v) is 1.91. The summed E-state index contributed by atoms with van der Waals surface area (Å²) in [7, 11) is 0. The highest BCUT2D eigenvalue weighted by Gasteiger charge is 2.08. The number of halogens is 1. The van der Waals surface area contributed by atoms with Gasteiger partial charge >= 0.3 is 0 Å². The Labute approximate surface area is 66.0 Å². The van der Waals surface area contributed by atoms with Gasteiger partial charge in [-0.2, -0.15) is 0 Å². The SMILES string of the molecule is OC(CCl)C1=CC=CCC1. The van der Waals surface area contributed by atoms with E-state index in [-0.39, 0.29) is 0 Å². The van der Waals surface area contributed by atoms with Gasteiger partial charge < -0.3 is 5.11 Å². The second-order valence-corrected chi connectivity index (χ2v) is 2.69. The monoisotopic (exact) mass is 158 g/mol. The molecule has 0 aliphatic heterocycles. The van der Waals surface area contributed by atoms with E-state index < -0.39 is 6.10 Å². The molecule has 0 amide bonds. The number of hydrogen-bond donors (Lipinski definition) is 1. The van der Waals surface area contributed by atoms with Gasteiger partial charge in [-0.25, -0.2) is 0 Å². The molecule has 2 heteroatoms. The van der Waals surface area contributed by atoms with Crippen LogP contribution < -0.4 is 0 Å². The molecule has 0 radical (unpaired) electrons. The molecule has 1 rings (SSSR count). The Morgan fingerprint density at radius 1 is 1.70 bits per heavy atom. The molecule has 0 bridgehead atoms. The third kappa shape index (κ3) is 1.86. The van der Waals surface area contributed by atoms with Crippen LogP contribution >= 0.6 is 11.6 Å². The largest absolute Gasteiger partial charge is 0.388 e. The topological polar surface area (TPSA) is 20.2 Å². The van der Waals surface area contributed by atoms with Gasteiger partial charge in [-0.15, -0.1) is 11.6 Å². The molecular formula is C8H11ClO. The van der Waals surface area contributed by atoms with Crippen LogP contribution in [0.2, 0.25) is 0 Å². The van der Waals surface area contributed by atoms with Gasteiger partial charge in [0, 0.05) is 0 Å². The summed E-state index contributed by atoms with van der Waals surface area (Å²) in [6.45, 7) is 0. The van der Waals surface area contributed by atoms with Crippen molar-refractivity contribution >= 4 is 11.6 Å².